The monoisotopic (exact) mass is 378 g/mol. The van der Waals surface area contributed by atoms with Crippen LogP contribution in [0.1, 0.15) is 18.1 Å². The van der Waals surface area contributed by atoms with E-state index >= 15 is 0 Å². The fourth-order valence-electron chi connectivity index (χ4n) is 4.05. The Morgan fingerprint density at radius 3 is 2.50 bits per heavy atom. The van der Waals surface area contributed by atoms with Crippen molar-refractivity contribution in [1.29, 1.82) is 0 Å². The molecule has 0 radical (unpaired) electrons. The Labute approximate surface area is 165 Å². The van der Waals surface area contributed by atoms with E-state index < -0.39 is 6.09 Å². The van der Waals surface area contributed by atoms with E-state index in [9.17, 15) is 9.90 Å². The maximum Gasteiger partial charge on any atom is 0.407 e. The van der Waals surface area contributed by atoms with Crippen LogP contribution in [0, 0.1) is 6.92 Å². The highest BCUT2D eigenvalue weighted by atomic mass is 16.4. The van der Waals surface area contributed by atoms with Crippen molar-refractivity contribution >= 4 is 11.9 Å². The summed E-state index contributed by atoms with van der Waals surface area (Å²) in [5, 5.41) is 9.25. The molecule has 2 aliphatic heterocycles. The van der Waals surface area contributed by atoms with Crippen LogP contribution in [0.15, 0.2) is 64.5 Å². The van der Waals surface area contributed by atoms with Crippen LogP contribution in [-0.4, -0.2) is 71.0 Å². The molecule has 4 rings (SSSR count). The summed E-state index contributed by atoms with van der Waals surface area (Å²) in [4.78, 5) is 22.3. The van der Waals surface area contributed by atoms with Gasteiger partial charge in [-0.2, -0.15) is 0 Å². The van der Waals surface area contributed by atoms with Crippen molar-refractivity contribution in [3.63, 3.8) is 0 Å². The summed E-state index contributed by atoms with van der Waals surface area (Å²) < 4.78 is 0. The van der Waals surface area contributed by atoms with Gasteiger partial charge in [-0.15, -0.1) is 0 Å². The van der Waals surface area contributed by atoms with Gasteiger partial charge in [-0.25, -0.2) is 9.79 Å². The van der Waals surface area contributed by atoms with Crippen LogP contribution in [0.3, 0.4) is 0 Å². The van der Waals surface area contributed by atoms with Gasteiger partial charge in [0.25, 0.3) is 0 Å². The minimum absolute atomic E-state index is 0.129. The second-order valence-electron chi connectivity index (χ2n) is 7.59. The average molecular weight is 378 g/mol. The minimum Gasteiger partial charge on any atom is -0.465 e. The molecule has 1 aromatic rings. The SMILES string of the molecule is CC1=CC2C(=C(N3CCN(C(=O)O)CC3)N=C(c3ccccc3C)N2C)C=C1. The molecule has 0 aromatic heterocycles. The van der Waals surface area contributed by atoms with Crippen molar-refractivity contribution in [3.8, 4) is 0 Å². The zero-order chi connectivity index (χ0) is 19.8. The lowest BCUT2D eigenvalue weighted by Crippen LogP contribution is -2.50. The van der Waals surface area contributed by atoms with Crippen LogP contribution < -0.4 is 0 Å². The Bertz CT molecular complexity index is 920. The van der Waals surface area contributed by atoms with Gasteiger partial charge in [0.1, 0.15) is 11.7 Å². The highest BCUT2D eigenvalue weighted by molar-refractivity contribution is 6.01. The standard InChI is InChI=1S/C22H26N4O2/c1-15-8-9-18-19(14-15)24(3)20(17-7-5-4-6-16(17)2)23-21(18)25-10-12-26(13-11-25)22(27)28/h4-9,14,19H,10-13H2,1-3H3,(H,27,28). The molecule has 1 amide bonds. The molecule has 6 nitrogen and oxygen atoms in total. The van der Waals surface area contributed by atoms with Crippen LogP contribution in [0.2, 0.25) is 0 Å². The second-order valence-corrected chi connectivity index (χ2v) is 7.59. The predicted molar refractivity (Wildman–Crippen MR) is 110 cm³/mol. The number of likely N-dealkylation sites (N-methyl/N-ethyl adjacent to an activating group) is 1. The van der Waals surface area contributed by atoms with Crippen LogP contribution in [0.5, 0.6) is 0 Å². The Balaban J connectivity index is 1.76. The summed E-state index contributed by atoms with van der Waals surface area (Å²) in [5.74, 6) is 1.92. The number of piperazine rings is 1. The van der Waals surface area contributed by atoms with Gasteiger partial charge in [0.15, 0.2) is 0 Å². The maximum absolute atomic E-state index is 11.3. The van der Waals surface area contributed by atoms with Gasteiger partial charge in [-0.3, -0.25) is 0 Å². The molecule has 3 aliphatic rings. The fourth-order valence-corrected chi connectivity index (χ4v) is 4.05. The lowest BCUT2D eigenvalue weighted by molar-refractivity contribution is 0.115. The number of benzene rings is 1. The first-order chi connectivity index (χ1) is 13.5. The van der Waals surface area contributed by atoms with Crippen molar-refractivity contribution in [1.82, 2.24) is 14.7 Å². The molecule has 6 heteroatoms. The van der Waals surface area contributed by atoms with Crippen molar-refractivity contribution in [3.05, 3.63) is 70.6 Å². The van der Waals surface area contributed by atoms with Gasteiger partial charge in [0.05, 0.1) is 6.04 Å². The van der Waals surface area contributed by atoms with Gasteiger partial charge in [0, 0.05) is 44.4 Å². The molecule has 1 aromatic carbocycles. The van der Waals surface area contributed by atoms with E-state index in [1.54, 1.807) is 0 Å². The fraction of sp³-hybridized carbons (Fsp3) is 0.364. The Morgan fingerprint density at radius 2 is 1.82 bits per heavy atom. The first-order valence-electron chi connectivity index (χ1n) is 9.66. The molecule has 1 atom stereocenters. The van der Waals surface area contributed by atoms with Crippen LogP contribution >= 0.6 is 0 Å². The molecule has 1 fully saturated rings. The average Bonchev–Trinajstić information content (AvgIpc) is 2.69. The molecular weight excluding hydrogens is 352 g/mol. The van der Waals surface area contributed by atoms with Gasteiger partial charge < -0.3 is 19.8 Å². The number of amidine groups is 1. The third kappa shape index (κ3) is 3.19. The Kier molecular flexibility index (Phi) is 4.71. The number of allylic oxidation sites excluding steroid dienone is 2. The summed E-state index contributed by atoms with van der Waals surface area (Å²) in [6.45, 7) is 6.54. The number of rotatable bonds is 2. The van der Waals surface area contributed by atoms with E-state index in [1.165, 1.54) is 21.6 Å². The van der Waals surface area contributed by atoms with Crippen molar-refractivity contribution in [2.24, 2.45) is 4.99 Å². The molecule has 1 unspecified atom stereocenters. The molecule has 1 N–H and O–H groups in total. The van der Waals surface area contributed by atoms with E-state index in [4.69, 9.17) is 4.99 Å². The van der Waals surface area contributed by atoms with E-state index in [1.807, 2.05) is 12.1 Å². The normalized spacial score (nSPS) is 22.1. The second kappa shape index (κ2) is 7.19. The molecule has 1 saturated heterocycles. The number of hydrogen-bond acceptors (Lipinski definition) is 4. The summed E-state index contributed by atoms with van der Waals surface area (Å²) in [7, 11) is 2.10. The summed E-state index contributed by atoms with van der Waals surface area (Å²) >= 11 is 0. The van der Waals surface area contributed by atoms with Gasteiger partial charge in [-0.1, -0.05) is 48.1 Å². The van der Waals surface area contributed by atoms with Gasteiger partial charge in [0.2, 0.25) is 0 Å². The summed E-state index contributed by atoms with van der Waals surface area (Å²) in [6, 6.07) is 8.45. The maximum atomic E-state index is 11.3. The third-order valence-corrected chi connectivity index (χ3v) is 5.72. The largest absolute Gasteiger partial charge is 0.465 e. The van der Waals surface area contributed by atoms with Crippen LogP contribution in [-0.2, 0) is 0 Å². The molecule has 0 spiro atoms. The van der Waals surface area contributed by atoms with Gasteiger partial charge >= 0.3 is 6.09 Å². The Hall–Kier alpha value is -3.02. The number of carboxylic acid groups (broad SMARTS) is 1. The van der Waals surface area contributed by atoms with E-state index in [0.29, 0.717) is 26.2 Å². The van der Waals surface area contributed by atoms with Crippen LogP contribution in [0.4, 0.5) is 4.79 Å². The number of hydrogen-bond donors (Lipinski definition) is 1. The van der Waals surface area contributed by atoms with Crippen molar-refractivity contribution < 1.29 is 9.90 Å². The number of fused-ring (bicyclic) bond motifs is 1. The molecule has 0 saturated carbocycles. The molecule has 2 heterocycles. The smallest absolute Gasteiger partial charge is 0.407 e. The lowest BCUT2D eigenvalue weighted by Gasteiger charge is -2.41. The van der Waals surface area contributed by atoms with E-state index in [-0.39, 0.29) is 6.04 Å². The zero-order valence-corrected chi connectivity index (χ0v) is 16.6. The Morgan fingerprint density at radius 1 is 1.11 bits per heavy atom. The summed E-state index contributed by atoms with van der Waals surface area (Å²) in [6.07, 6.45) is 5.71. The summed E-state index contributed by atoms with van der Waals surface area (Å²) in [5.41, 5.74) is 4.74. The quantitative estimate of drug-likeness (QED) is 0.859. The molecular formula is C22H26N4O2. The lowest BCUT2D eigenvalue weighted by atomic mass is 9.93. The van der Waals surface area contributed by atoms with Crippen LogP contribution in [0.25, 0.3) is 0 Å². The van der Waals surface area contributed by atoms with Crippen molar-refractivity contribution in [2.75, 3.05) is 33.2 Å². The number of nitrogens with zero attached hydrogens (tertiary/aromatic N) is 4. The molecule has 146 valence electrons. The van der Waals surface area contributed by atoms with Crippen molar-refractivity contribution in [2.45, 2.75) is 19.9 Å². The predicted octanol–water partition coefficient (Wildman–Crippen LogP) is 3.08. The molecule has 0 bridgehead atoms. The first kappa shape index (κ1) is 18.3. The number of amides is 1. The number of carbonyl (C=O) groups is 1. The topological polar surface area (TPSA) is 59.4 Å². The first-order valence-corrected chi connectivity index (χ1v) is 9.66. The minimum atomic E-state index is -0.848. The third-order valence-electron chi connectivity index (χ3n) is 5.72. The molecule has 1 aliphatic carbocycles. The number of aryl methyl sites for hydroxylation is 1. The zero-order valence-electron chi connectivity index (χ0n) is 16.6. The molecule has 28 heavy (non-hydrogen) atoms. The van der Waals surface area contributed by atoms with Gasteiger partial charge in [-0.05, 0) is 19.4 Å². The highest BCUT2D eigenvalue weighted by Crippen LogP contribution is 2.32. The van der Waals surface area contributed by atoms with E-state index in [0.717, 1.165) is 17.2 Å². The highest BCUT2D eigenvalue weighted by Gasteiger charge is 2.33. The number of aliphatic imine (C=N–C) groups is 1. The van der Waals surface area contributed by atoms with E-state index in [2.05, 4.69) is 61.1 Å².